The summed E-state index contributed by atoms with van der Waals surface area (Å²) in [6.07, 6.45) is 3.52. The molecule has 142 valence electrons. The number of hydrogen-bond acceptors (Lipinski definition) is 8. The average molecular weight is 391 g/mol. The summed E-state index contributed by atoms with van der Waals surface area (Å²) in [6, 6.07) is 0. The molecule has 0 atom stereocenters. The van der Waals surface area contributed by atoms with Gasteiger partial charge in [0.15, 0.2) is 0 Å². The smallest absolute Gasteiger partial charge is 0.306 e. The Labute approximate surface area is 156 Å². The van der Waals surface area contributed by atoms with Gasteiger partial charge in [0, 0.05) is 24.6 Å². The fraction of sp³-hybridized carbons (Fsp3) is 0.562. The van der Waals surface area contributed by atoms with Crippen LogP contribution in [0.3, 0.4) is 0 Å². The van der Waals surface area contributed by atoms with Crippen LogP contribution < -0.4 is 10.6 Å². The first kappa shape index (κ1) is 23.5. The standard InChI is InChI=1S/C16H26N2O5S2/c1-3-7-17-8-10-22-15(20)5-12-24-25-13-6-16(21)23-11-9-18-14(19)4-2/h3-4,17H,1-2,5-13H2,(H,18,19). The van der Waals surface area contributed by atoms with Gasteiger partial charge in [-0.1, -0.05) is 34.2 Å². The molecule has 0 aromatic rings. The quantitative estimate of drug-likeness (QED) is 0.134. The summed E-state index contributed by atoms with van der Waals surface area (Å²) < 4.78 is 10.0. The van der Waals surface area contributed by atoms with Crippen molar-refractivity contribution in [1.29, 1.82) is 0 Å². The molecule has 0 radical (unpaired) electrons. The van der Waals surface area contributed by atoms with Gasteiger partial charge in [-0.3, -0.25) is 14.4 Å². The third-order valence-corrected chi connectivity index (χ3v) is 4.95. The van der Waals surface area contributed by atoms with Gasteiger partial charge in [-0.25, -0.2) is 0 Å². The average Bonchev–Trinajstić information content (AvgIpc) is 2.61. The second kappa shape index (κ2) is 17.4. The zero-order valence-corrected chi connectivity index (χ0v) is 15.9. The van der Waals surface area contributed by atoms with Crippen LogP contribution in [0.15, 0.2) is 25.3 Å². The molecule has 0 bridgehead atoms. The molecule has 0 heterocycles. The van der Waals surface area contributed by atoms with Gasteiger partial charge in [0.1, 0.15) is 13.2 Å². The molecule has 0 aromatic heterocycles. The molecule has 0 saturated carbocycles. The topological polar surface area (TPSA) is 93.7 Å². The van der Waals surface area contributed by atoms with Gasteiger partial charge >= 0.3 is 11.9 Å². The maximum atomic E-state index is 11.4. The zero-order valence-electron chi connectivity index (χ0n) is 14.3. The van der Waals surface area contributed by atoms with Crippen molar-refractivity contribution < 1.29 is 23.9 Å². The van der Waals surface area contributed by atoms with E-state index in [-0.39, 0.29) is 37.4 Å². The lowest BCUT2D eigenvalue weighted by atomic mass is 10.5. The van der Waals surface area contributed by atoms with E-state index in [1.807, 2.05) is 0 Å². The second-order valence-corrected chi connectivity index (χ2v) is 7.27. The Bertz CT molecular complexity index is 433. The molecular weight excluding hydrogens is 364 g/mol. The number of esters is 2. The Kier molecular flexibility index (Phi) is 16.4. The first-order chi connectivity index (χ1) is 12.1. The van der Waals surface area contributed by atoms with Crippen molar-refractivity contribution in [2.75, 3.05) is 44.4 Å². The predicted molar refractivity (Wildman–Crippen MR) is 102 cm³/mol. The minimum absolute atomic E-state index is 0.143. The van der Waals surface area contributed by atoms with Gasteiger partial charge in [-0.15, -0.1) is 6.58 Å². The number of carbonyl (C=O) groups excluding carboxylic acids is 3. The normalized spacial score (nSPS) is 9.92. The molecule has 25 heavy (non-hydrogen) atoms. The summed E-state index contributed by atoms with van der Waals surface area (Å²) in [5.74, 6) is 0.395. The van der Waals surface area contributed by atoms with Crippen molar-refractivity contribution in [1.82, 2.24) is 10.6 Å². The Morgan fingerprint density at radius 1 is 0.920 bits per heavy atom. The van der Waals surface area contributed by atoms with Crippen LogP contribution >= 0.6 is 21.6 Å². The van der Waals surface area contributed by atoms with Gasteiger partial charge < -0.3 is 20.1 Å². The number of hydrogen-bond donors (Lipinski definition) is 2. The van der Waals surface area contributed by atoms with Gasteiger partial charge in [-0.05, 0) is 6.08 Å². The number of ether oxygens (including phenoxy) is 2. The Morgan fingerprint density at radius 2 is 1.48 bits per heavy atom. The number of amides is 1. The lowest BCUT2D eigenvalue weighted by Crippen LogP contribution is -2.26. The van der Waals surface area contributed by atoms with Crippen LogP contribution in [0.2, 0.25) is 0 Å². The predicted octanol–water partition coefficient (Wildman–Crippen LogP) is 1.31. The Hall–Kier alpha value is -1.45. The van der Waals surface area contributed by atoms with Crippen LogP contribution in [-0.2, 0) is 23.9 Å². The summed E-state index contributed by atoms with van der Waals surface area (Å²) in [7, 11) is 3.03. The van der Waals surface area contributed by atoms with Crippen LogP contribution in [0, 0.1) is 0 Å². The van der Waals surface area contributed by atoms with Crippen LogP contribution in [0.5, 0.6) is 0 Å². The zero-order chi connectivity index (χ0) is 18.8. The fourth-order valence-electron chi connectivity index (χ4n) is 1.36. The number of nitrogens with one attached hydrogen (secondary N) is 2. The highest BCUT2D eigenvalue weighted by Crippen LogP contribution is 2.22. The SMILES string of the molecule is C=CCNCCOC(=O)CCSSCCC(=O)OCCNC(=O)C=C. The molecule has 0 aliphatic carbocycles. The largest absolute Gasteiger partial charge is 0.464 e. The molecule has 0 rings (SSSR count). The van der Waals surface area contributed by atoms with E-state index in [2.05, 4.69) is 23.8 Å². The summed E-state index contributed by atoms with van der Waals surface area (Å²) in [5.41, 5.74) is 0. The molecule has 0 saturated heterocycles. The molecule has 0 spiro atoms. The molecule has 9 heteroatoms. The number of rotatable bonds is 16. The van der Waals surface area contributed by atoms with Crippen molar-refractivity contribution in [2.45, 2.75) is 12.8 Å². The maximum absolute atomic E-state index is 11.4. The molecular formula is C16H26N2O5S2. The summed E-state index contributed by atoms with van der Waals surface area (Å²) in [6.45, 7) is 8.95. The summed E-state index contributed by atoms with van der Waals surface area (Å²) in [4.78, 5) is 33.7. The van der Waals surface area contributed by atoms with E-state index in [4.69, 9.17) is 9.47 Å². The van der Waals surface area contributed by atoms with E-state index in [0.29, 0.717) is 37.6 Å². The Balaban J connectivity index is 3.37. The third kappa shape index (κ3) is 17.2. The number of carbonyl (C=O) groups is 3. The monoisotopic (exact) mass is 390 g/mol. The first-order valence-corrected chi connectivity index (χ1v) is 10.4. The molecule has 0 fully saturated rings. The summed E-state index contributed by atoms with van der Waals surface area (Å²) >= 11 is 0. The Morgan fingerprint density at radius 3 is 2.00 bits per heavy atom. The van der Waals surface area contributed by atoms with Crippen molar-refractivity contribution in [3.05, 3.63) is 25.3 Å². The van der Waals surface area contributed by atoms with Crippen molar-refractivity contribution >= 4 is 39.4 Å². The van der Waals surface area contributed by atoms with Crippen LogP contribution in [-0.4, -0.2) is 62.2 Å². The van der Waals surface area contributed by atoms with E-state index in [0.717, 1.165) is 6.08 Å². The third-order valence-electron chi connectivity index (χ3n) is 2.54. The van der Waals surface area contributed by atoms with Crippen molar-refractivity contribution in [2.24, 2.45) is 0 Å². The maximum Gasteiger partial charge on any atom is 0.306 e. The van der Waals surface area contributed by atoms with Crippen molar-refractivity contribution in [3.63, 3.8) is 0 Å². The lowest BCUT2D eigenvalue weighted by molar-refractivity contribution is -0.144. The van der Waals surface area contributed by atoms with Crippen LogP contribution in [0.25, 0.3) is 0 Å². The summed E-state index contributed by atoms with van der Waals surface area (Å²) in [5, 5.41) is 5.55. The van der Waals surface area contributed by atoms with Crippen LogP contribution in [0.4, 0.5) is 0 Å². The highest BCUT2D eigenvalue weighted by molar-refractivity contribution is 8.76. The van der Waals surface area contributed by atoms with Gasteiger partial charge in [0.05, 0.1) is 19.4 Å². The second-order valence-electron chi connectivity index (χ2n) is 4.57. The van der Waals surface area contributed by atoms with E-state index < -0.39 is 0 Å². The van der Waals surface area contributed by atoms with Crippen LogP contribution in [0.1, 0.15) is 12.8 Å². The van der Waals surface area contributed by atoms with Gasteiger partial charge in [0.25, 0.3) is 0 Å². The van der Waals surface area contributed by atoms with E-state index in [1.165, 1.54) is 21.6 Å². The van der Waals surface area contributed by atoms with E-state index in [1.54, 1.807) is 6.08 Å². The van der Waals surface area contributed by atoms with Crippen molar-refractivity contribution in [3.8, 4) is 0 Å². The molecule has 0 aliphatic rings. The molecule has 0 aromatic carbocycles. The minimum atomic E-state index is -0.313. The van der Waals surface area contributed by atoms with Gasteiger partial charge in [-0.2, -0.15) is 0 Å². The highest BCUT2D eigenvalue weighted by atomic mass is 33.1. The fourth-order valence-corrected chi connectivity index (χ4v) is 3.31. The lowest BCUT2D eigenvalue weighted by Gasteiger charge is -2.06. The highest BCUT2D eigenvalue weighted by Gasteiger charge is 2.05. The van der Waals surface area contributed by atoms with Gasteiger partial charge in [0.2, 0.25) is 5.91 Å². The first-order valence-electron chi connectivity index (χ1n) is 7.87. The van der Waals surface area contributed by atoms with E-state index in [9.17, 15) is 14.4 Å². The molecule has 0 aliphatic heterocycles. The molecule has 7 nitrogen and oxygen atoms in total. The molecule has 0 unspecified atom stereocenters. The molecule has 2 N–H and O–H groups in total. The van der Waals surface area contributed by atoms with E-state index >= 15 is 0 Å². The molecule has 1 amide bonds. The minimum Gasteiger partial charge on any atom is -0.464 e.